The van der Waals surface area contributed by atoms with Gasteiger partial charge in [-0.05, 0) is 6.07 Å². The van der Waals surface area contributed by atoms with Crippen LogP contribution in [0.1, 0.15) is 12.0 Å². The van der Waals surface area contributed by atoms with Gasteiger partial charge in [0, 0.05) is 38.2 Å². The summed E-state index contributed by atoms with van der Waals surface area (Å²) in [6.07, 6.45) is 0.380. The van der Waals surface area contributed by atoms with E-state index >= 15 is 0 Å². The summed E-state index contributed by atoms with van der Waals surface area (Å²) in [6, 6.07) is 6.58. The number of hydrogen-bond donors (Lipinski definition) is 1. The van der Waals surface area contributed by atoms with Crippen molar-refractivity contribution < 1.29 is 13.9 Å². The van der Waals surface area contributed by atoms with E-state index in [1.54, 1.807) is 30.1 Å². The van der Waals surface area contributed by atoms with Gasteiger partial charge < -0.3 is 15.0 Å². The third-order valence-electron chi connectivity index (χ3n) is 3.21. The minimum absolute atomic E-state index is 0. The van der Waals surface area contributed by atoms with Crippen LogP contribution < -0.4 is 5.32 Å². The van der Waals surface area contributed by atoms with Gasteiger partial charge in [0.05, 0.1) is 13.2 Å². The van der Waals surface area contributed by atoms with Gasteiger partial charge in [-0.2, -0.15) is 0 Å². The van der Waals surface area contributed by atoms with Crippen LogP contribution in [0.4, 0.5) is 4.39 Å². The molecule has 1 aliphatic heterocycles. The molecule has 0 aromatic heterocycles. The van der Waals surface area contributed by atoms with Crippen molar-refractivity contribution in [2.75, 3.05) is 26.8 Å². The molecule has 6 heteroatoms. The summed E-state index contributed by atoms with van der Waals surface area (Å²) in [5.41, 5.74) is 0.534. The van der Waals surface area contributed by atoms with Gasteiger partial charge in [-0.1, -0.05) is 18.2 Å². The average Bonchev–Trinajstić information content (AvgIpc) is 2.42. The Hall–Kier alpha value is -1.17. The second-order valence-corrected chi connectivity index (χ2v) is 4.77. The van der Waals surface area contributed by atoms with Crippen LogP contribution in [-0.4, -0.2) is 43.7 Å². The fraction of sp³-hybridized carbons (Fsp3) is 0.500. The summed E-state index contributed by atoms with van der Waals surface area (Å²) >= 11 is 0. The summed E-state index contributed by atoms with van der Waals surface area (Å²) < 4.78 is 18.8. The number of amides is 1. The summed E-state index contributed by atoms with van der Waals surface area (Å²) in [5.74, 6) is -0.285. The highest BCUT2D eigenvalue weighted by Crippen LogP contribution is 2.10. The van der Waals surface area contributed by atoms with Crippen LogP contribution in [-0.2, 0) is 16.1 Å². The van der Waals surface area contributed by atoms with Crippen molar-refractivity contribution >= 4 is 18.3 Å². The number of nitrogens with one attached hydrogen (secondary N) is 1. The van der Waals surface area contributed by atoms with Crippen molar-refractivity contribution in [1.82, 2.24) is 10.2 Å². The predicted octanol–water partition coefficient (Wildman–Crippen LogP) is 1.58. The number of halogens is 2. The third kappa shape index (κ3) is 4.74. The first-order chi connectivity index (χ1) is 9.16. The Morgan fingerprint density at radius 2 is 2.25 bits per heavy atom. The lowest BCUT2D eigenvalue weighted by atomic mass is 10.1. The Morgan fingerprint density at radius 1 is 1.50 bits per heavy atom. The second kappa shape index (κ2) is 8.19. The molecule has 1 aromatic carbocycles. The molecule has 1 heterocycles. The minimum Gasteiger partial charge on any atom is -0.378 e. The zero-order valence-electron chi connectivity index (χ0n) is 11.5. The average molecular weight is 303 g/mol. The van der Waals surface area contributed by atoms with E-state index in [9.17, 15) is 9.18 Å². The predicted molar refractivity (Wildman–Crippen MR) is 77.3 cm³/mol. The Labute approximate surface area is 124 Å². The number of benzene rings is 1. The van der Waals surface area contributed by atoms with E-state index < -0.39 is 0 Å². The minimum atomic E-state index is -0.277. The lowest BCUT2D eigenvalue weighted by Gasteiger charge is -2.25. The van der Waals surface area contributed by atoms with E-state index in [1.807, 2.05) is 0 Å². The van der Waals surface area contributed by atoms with E-state index in [4.69, 9.17) is 4.74 Å². The Kier molecular flexibility index (Phi) is 6.91. The first-order valence-corrected chi connectivity index (χ1v) is 6.45. The fourth-order valence-electron chi connectivity index (χ4n) is 2.09. The standard InChI is InChI=1S/C14H19FN2O2.ClH/c1-17(9-11-4-2-3-5-13(11)15)14(18)8-12-10-19-7-6-16-12;/h2-5,12,16H,6-10H2,1H3;1H. The fourth-order valence-corrected chi connectivity index (χ4v) is 2.09. The van der Waals surface area contributed by atoms with Gasteiger partial charge in [0.1, 0.15) is 5.82 Å². The summed E-state index contributed by atoms with van der Waals surface area (Å²) in [4.78, 5) is 13.6. The molecule has 1 amide bonds. The zero-order valence-corrected chi connectivity index (χ0v) is 12.3. The third-order valence-corrected chi connectivity index (χ3v) is 3.21. The van der Waals surface area contributed by atoms with E-state index in [0.29, 0.717) is 31.7 Å². The van der Waals surface area contributed by atoms with Crippen LogP contribution in [0, 0.1) is 5.82 Å². The number of morpholine rings is 1. The first kappa shape index (κ1) is 16.9. The number of ether oxygens (including phenoxy) is 1. The second-order valence-electron chi connectivity index (χ2n) is 4.77. The zero-order chi connectivity index (χ0) is 13.7. The normalized spacial score (nSPS) is 18.2. The van der Waals surface area contributed by atoms with Crippen LogP contribution in [0.5, 0.6) is 0 Å². The van der Waals surface area contributed by atoms with Gasteiger partial charge in [0.25, 0.3) is 0 Å². The van der Waals surface area contributed by atoms with Gasteiger partial charge in [-0.25, -0.2) is 4.39 Å². The van der Waals surface area contributed by atoms with Crippen molar-refractivity contribution in [3.05, 3.63) is 35.6 Å². The first-order valence-electron chi connectivity index (χ1n) is 6.45. The van der Waals surface area contributed by atoms with Crippen molar-refractivity contribution in [2.24, 2.45) is 0 Å². The Balaban J connectivity index is 0.00000200. The molecule has 1 fully saturated rings. The van der Waals surface area contributed by atoms with Crippen LogP contribution in [0.15, 0.2) is 24.3 Å². The Bertz CT molecular complexity index is 439. The smallest absolute Gasteiger partial charge is 0.224 e. The molecule has 20 heavy (non-hydrogen) atoms. The quantitative estimate of drug-likeness (QED) is 0.918. The highest BCUT2D eigenvalue weighted by molar-refractivity contribution is 5.85. The van der Waals surface area contributed by atoms with Crippen molar-refractivity contribution in [1.29, 1.82) is 0 Å². The lowest BCUT2D eigenvalue weighted by Crippen LogP contribution is -2.44. The molecule has 112 valence electrons. The van der Waals surface area contributed by atoms with Crippen LogP contribution in [0.2, 0.25) is 0 Å². The Morgan fingerprint density at radius 3 is 2.90 bits per heavy atom. The molecule has 4 nitrogen and oxygen atoms in total. The number of nitrogens with zero attached hydrogens (tertiary/aromatic N) is 1. The molecule has 0 radical (unpaired) electrons. The van der Waals surface area contributed by atoms with E-state index in [-0.39, 0.29) is 30.2 Å². The monoisotopic (exact) mass is 302 g/mol. The molecule has 0 aliphatic carbocycles. The molecule has 0 bridgehead atoms. The van der Waals surface area contributed by atoms with E-state index in [2.05, 4.69) is 5.32 Å². The maximum Gasteiger partial charge on any atom is 0.224 e. The van der Waals surface area contributed by atoms with Crippen LogP contribution in [0.3, 0.4) is 0 Å². The largest absolute Gasteiger partial charge is 0.378 e. The van der Waals surface area contributed by atoms with Crippen LogP contribution in [0.25, 0.3) is 0 Å². The molecular weight excluding hydrogens is 283 g/mol. The number of hydrogen-bond acceptors (Lipinski definition) is 3. The maximum atomic E-state index is 13.5. The molecule has 1 atom stereocenters. The van der Waals surface area contributed by atoms with Crippen molar-refractivity contribution in [3.63, 3.8) is 0 Å². The SMILES string of the molecule is CN(Cc1ccccc1F)C(=O)CC1COCCN1.Cl. The van der Waals surface area contributed by atoms with Gasteiger partial charge >= 0.3 is 0 Å². The summed E-state index contributed by atoms with van der Waals surface area (Å²) in [6.45, 7) is 2.31. The molecule has 1 aromatic rings. The molecule has 1 unspecified atom stereocenters. The van der Waals surface area contributed by atoms with Gasteiger partial charge in [0.2, 0.25) is 5.91 Å². The van der Waals surface area contributed by atoms with E-state index in [1.165, 1.54) is 6.07 Å². The van der Waals surface area contributed by atoms with Gasteiger partial charge in [-0.15, -0.1) is 12.4 Å². The van der Waals surface area contributed by atoms with Gasteiger partial charge in [0.15, 0.2) is 0 Å². The maximum absolute atomic E-state index is 13.5. The molecule has 0 spiro atoms. The molecule has 1 aliphatic rings. The topological polar surface area (TPSA) is 41.6 Å². The molecular formula is C14H20ClFN2O2. The summed E-state index contributed by atoms with van der Waals surface area (Å²) in [5, 5.41) is 3.23. The molecule has 1 saturated heterocycles. The molecule has 0 saturated carbocycles. The van der Waals surface area contributed by atoms with Gasteiger partial charge in [-0.3, -0.25) is 4.79 Å². The lowest BCUT2D eigenvalue weighted by molar-refractivity contribution is -0.131. The molecule has 2 rings (SSSR count). The van der Waals surface area contributed by atoms with Crippen molar-refractivity contribution in [3.8, 4) is 0 Å². The number of carbonyl (C=O) groups excluding carboxylic acids is 1. The summed E-state index contributed by atoms with van der Waals surface area (Å²) in [7, 11) is 1.69. The van der Waals surface area contributed by atoms with Crippen LogP contribution >= 0.6 is 12.4 Å². The molecule has 1 N–H and O–H groups in total. The van der Waals surface area contributed by atoms with E-state index in [0.717, 1.165) is 6.54 Å². The number of carbonyl (C=O) groups is 1. The van der Waals surface area contributed by atoms with Crippen molar-refractivity contribution in [2.45, 2.75) is 19.0 Å². The highest BCUT2D eigenvalue weighted by atomic mass is 35.5. The number of rotatable bonds is 4. The highest BCUT2D eigenvalue weighted by Gasteiger charge is 2.19.